The minimum absolute atomic E-state index is 0.192. The maximum Gasteiger partial charge on any atom is 0.328 e. The summed E-state index contributed by atoms with van der Waals surface area (Å²) in [6.45, 7) is 2.03. The predicted octanol–water partition coefficient (Wildman–Crippen LogP) is -1.27. The fourth-order valence-electron chi connectivity index (χ4n) is 3.68. The molecular formula is C25H42N6O6. The fraction of sp³-hybridized carbons (Fsp3) is 0.600. The lowest BCUT2D eigenvalue weighted by atomic mass is 10.0. The van der Waals surface area contributed by atoms with E-state index in [9.17, 15) is 29.4 Å². The molecule has 12 nitrogen and oxygen atoms in total. The molecule has 0 spiro atoms. The first kappa shape index (κ1) is 32.0. The third-order valence-corrected chi connectivity index (χ3v) is 5.84. The molecule has 5 atom stereocenters. The number of benzene rings is 1. The van der Waals surface area contributed by atoms with Gasteiger partial charge in [-0.2, -0.15) is 0 Å². The van der Waals surface area contributed by atoms with Gasteiger partial charge in [-0.3, -0.25) is 14.4 Å². The van der Waals surface area contributed by atoms with Crippen LogP contribution in [-0.2, 0) is 25.6 Å². The van der Waals surface area contributed by atoms with Crippen LogP contribution >= 0.6 is 0 Å². The van der Waals surface area contributed by atoms with Gasteiger partial charge in [0, 0.05) is 0 Å². The molecule has 0 bridgehead atoms. The maximum absolute atomic E-state index is 13.2. The van der Waals surface area contributed by atoms with E-state index >= 15 is 0 Å². The Kier molecular flexibility index (Phi) is 15.0. The smallest absolute Gasteiger partial charge is 0.328 e. The van der Waals surface area contributed by atoms with Crippen molar-refractivity contribution >= 4 is 23.7 Å². The Bertz CT molecular complexity index is 853. The largest absolute Gasteiger partial charge is 0.480 e. The lowest BCUT2D eigenvalue weighted by Gasteiger charge is -2.26. The number of carbonyl (C=O) groups excluding carboxylic acids is 3. The summed E-state index contributed by atoms with van der Waals surface area (Å²) < 4.78 is 0. The molecule has 0 aliphatic carbocycles. The van der Waals surface area contributed by atoms with Crippen LogP contribution in [0.5, 0.6) is 0 Å². The molecule has 0 aliphatic rings. The van der Waals surface area contributed by atoms with Crippen LogP contribution in [0.1, 0.15) is 51.0 Å². The van der Waals surface area contributed by atoms with E-state index in [0.29, 0.717) is 38.8 Å². The van der Waals surface area contributed by atoms with Crippen molar-refractivity contribution in [1.29, 1.82) is 0 Å². The number of nitrogens with one attached hydrogen (secondary N) is 3. The predicted molar refractivity (Wildman–Crippen MR) is 139 cm³/mol. The second-order valence-corrected chi connectivity index (χ2v) is 9.05. The summed E-state index contributed by atoms with van der Waals surface area (Å²) in [4.78, 5) is 50.2. The molecule has 11 N–H and O–H groups in total. The molecule has 5 unspecified atom stereocenters. The van der Waals surface area contributed by atoms with E-state index in [0.717, 1.165) is 5.56 Å². The number of nitrogens with two attached hydrogens (primary N) is 3. The van der Waals surface area contributed by atoms with Gasteiger partial charge in [-0.05, 0) is 70.5 Å². The van der Waals surface area contributed by atoms with E-state index in [2.05, 4.69) is 16.0 Å². The molecule has 0 fully saturated rings. The third kappa shape index (κ3) is 12.2. The van der Waals surface area contributed by atoms with Crippen molar-refractivity contribution in [2.24, 2.45) is 17.2 Å². The molecule has 3 amide bonds. The Morgan fingerprint density at radius 2 is 1.30 bits per heavy atom. The zero-order chi connectivity index (χ0) is 27.8. The Morgan fingerprint density at radius 3 is 1.76 bits per heavy atom. The third-order valence-electron chi connectivity index (χ3n) is 5.84. The summed E-state index contributed by atoms with van der Waals surface area (Å²) in [6.07, 6.45) is 1.66. The summed E-state index contributed by atoms with van der Waals surface area (Å²) in [6, 6.07) is 4.73. The van der Waals surface area contributed by atoms with E-state index in [1.54, 1.807) is 0 Å². The van der Waals surface area contributed by atoms with Gasteiger partial charge in [0.2, 0.25) is 17.7 Å². The van der Waals surface area contributed by atoms with Gasteiger partial charge in [-0.15, -0.1) is 0 Å². The monoisotopic (exact) mass is 522 g/mol. The first-order chi connectivity index (χ1) is 17.6. The average Bonchev–Trinajstić information content (AvgIpc) is 2.86. The van der Waals surface area contributed by atoms with Gasteiger partial charge in [0.25, 0.3) is 0 Å². The van der Waals surface area contributed by atoms with E-state index in [1.165, 1.54) is 6.92 Å². The van der Waals surface area contributed by atoms with E-state index < -0.39 is 54.0 Å². The number of carboxylic acid groups (broad SMARTS) is 1. The summed E-state index contributed by atoms with van der Waals surface area (Å²) in [5.41, 5.74) is 18.1. The zero-order valence-corrected chi connectivity index (χ0v) is 21.4. The number of carbonyl (C=O) groups is 4. The number of hydrogen-bond acceptors (Lipinski definition) is 8. The van der Waals surface area contributed by atoms with Gasteiger partial charge >= 0.3 is 5.97 Å². The van der Waals surface area contributed by atoms with Gasteiger partial charge in [-0.1, -0.05) is 30.3 Å². The molecule has 0 heterocycles. The highest BCUT2D eigenvalue weighted by molar-refractivity contribution is 5.94. The van der Waals surface area contributed by atoms with E-state index in [-0.39, 0.29) is 19.3 Å². The summed E-state index contributed by atoms with van der Waals surface area (Å²) in [7, 11) is 0. The molecule has 12 heteroatoms. The van der Waals surface area contributed by atoms with Crippen LogP contribution in [0.4, 0.5) is 0 Å². The number of amides is 3. The SMILES string of the molecule is CC(O)C(NC(=O)C(CCCCN)NC(=O)C(CCCCN)NC(=O)C(N)Cc1ccccc1)C(=O)O. The molecular weight excluding hydrogens is 480 g/mol. The topological polar surface area (TPSA) is 223 Å². The van der Waals surface area contributed by atoms with E-state index in [4.69, 9.17) is 17.2 Å². The standard InChI is InChI=1S/C25H42N6O6/c1-16(32)21(25(36)37)31-24(35)20(12-6-8-14-27)30-23(34)19(11-5-7-13-26)29-22(33)18(28)15-17-9-3-2-4-10-17/h2-4,9-10,16,18-21,32H,5-8,11-15,26-28H2,1H3,(H,29,33)(H,30,34)(H,31,35)(H,36,37). The number of carboxylic acids is 1. The molecule has 0 radical (unpaired) electrons. The highest BCUT2D eigenvalue weighted by Gasteiger charge is 2.31. The molecule has 1 aromatic carbocycles. The lowest BCUT2D eigenvalue weighted by Crippen LogP contribution is -2.58. The Hall–Kier alpha value is -3.06. The zero-order valence-electron chi connectivity index (χ0n) is 21.4. The van der Waals surface area contributed by atoms with Crippen LogP contribution in [0.25, 0.3) is 0 Å². The molecule has 1 aromatic rings. The molecule has 0 saturated heterocycles. The van der Waals surface area contributed by atoms with Gasteiger partial charge in [0.15, 0.2) is 6.04 Å². The number of unbranched alkanes of at least 4 members (excludes halogenated alkanes) is 2. The van der Waals surface area contributed by atoms with Crippen molar-refractivity contribution in [3.8, 4) is 0 Å². The number of hydrogen-bond donors (Lipinski definition) is 8. The van der Waals surface area contributed by atoms with Crippen LogP contribution in [0.2, 0.25) is 0 Å². The molecule has 0 aromatic heterocycles. The Labute approximate surface area is 217 Å². The normalized spacial score (nSPS) is 15.1. The molecule has 208 valence electrons. The molecule has 0 saturated carbocycles. The summed E-state index contributed by atoms with van der Waals surface area (Å²) >= 11 is 0. The minimum atomic E-state index is -1.54. The Balaban J connectivity index is 2.96. The number of aliphatic hydroxyl groups is 1. The van der Waals surface area contributed by atoms with Crippen molar-refractivity contribution in [2.75, 3.05) is 13.1 Å². The van der Waals surface area contributed by atoms with E-state index in [1.807, 2.05) is 30.3 Å². The molecule has 1 rings (SSSR count). The van der Waals surface area contributed by atoms with Crippen molar-refractivity contribution in [1.82, 2.24) is 16.0 Å². The highest BCUT2D eigenvalue weighted by atomic mass is 16.4. The van der Waals surface area contributed by atoms with Crippen LogP contribution in [0, 0.1) is 0 Å². The maximum atomic E-state index is 13.2. The number of aliphatic hydroxyl groups excluding tert-OH is 1. The van der Waals surface area contributed by atoms with Crippen molar-refractivity contribution in [3.05, 3.63) is 35.9 Å². The lowest BCUT2D eigenvalue weighted by molar-refractivity contribution is -0.145. The quantitative estimate of drug-likeness (QED) is 0.107. The minimum Gasteiger partial charge on any atom is -0.480 e. The first-order valence-electron chi connectivity index (χ1n) is 12.6. The van der Waals surface area contributed by atoms with Crippen LogP contribution < -0.4 is 33.2 Å². The van der Waals surface area contributed by atoms with Gasteiger partial charge in [-0.25, -0.2) is 4.79 Å². The van der Waals surface area contributed by atoms with Gasteiger partial charge in [0.1, 0.15) is 12.1 Å². The van der Waals surface area contributed by atoms with Crippen LogP contribution in [0.15, 0.2) is 30.3 Å². The van der Waals surface area contributed by atoms with Crippen LogP contribution in [-0.4, -0.2) is 77.3 Å². The molecule has 0 aliphatic heterocycles. The Morgan fingerprint density at radius 1 is 0.811 bits per heavy atom. The van der Waals surface area contributed by atoms with Crippen molar-refractivity contribution < 1.29 is 29.4 Å². The molecule has 37 heavy (non-hydrogen) atoms. The summed E-state index contributed by atoms with van der Waals surface area (Å²) in [5, 5.41) is 26.6. The fourth-order valence-corrected chi connectivity index (χ4v) is 3.68. The summed E-state index contributed by atoms with van der Waals surface area (Å²) in [5.74, 6) is -3.28. The van der Waals surface area contributed by atoms with Gasteiger partial charge < -0.3 is 43.4 Å². The van der Waals surface area contributed by atoms with Crippen LogP contribution in [0.3, 0.4) is 0 Å². The first-order valence-corrected chi connectivity index (χ1v) is 12.6. The highest BCUT2D eigenvalue weighted by Crippen LogP contribution is 2.08. The van der Waals surface area contributed by atoms with Gasteiger partial charge in [0.05, 0.1) is 12.1 Å². The number of rotatable bonds is 18. The second kappa shape index (κ2) is 17.4. The number of aliphatic carboxylic acids is 1. The van der Waals surface area contributed by atoms with Crippen molar-refractivity contribution in [2.45, 2.75) is 82.1 Å². The second-order valence-electron chi connectivity index (χ2n) is 9.05. The van der Waals surface area contributed by atoms with Crippen molar-refractivity contribution in [3.63, 3.8) is 0 Å². The average molecular weight is 523 g/mol.